The predicted octanol–water partition coefficient (Wildman–Crippen LogP) is 3.19. The Labute approximate surface area is 119 Å². The summed E-state index contributed by atoms with van der Waals surface area (Å²) in [4.78, 5) is 10.2. The molecule has 4 heteroatoms. The lowest BCUT2D eigenvalue weighted by molar-refractivity contribution is 0.590. The Morgan fingerprint density at radius 2 is 2.00 bits per heavy atom. The second kappa shape index (κ2) is 6.78. The van der Waals surface area contributed by atoms with E-state index >= 15 is 0 Å². The van der Waals surface area contributed by atoms with Crippen molar-refractivity contribution in [3.05, 3.63) is 45.7 Å². The molecule has 0 aromatic carbocycles. The van der Waals surface area contributed by atoms with Crippen LogP contribution in [0.25, 0.3) is 0 Å². The monoisotopic (exact) mass is 275 g/mol. The summed E-state index contributed by atoms with van der Waals surface area (Å²) < 4.78 is 0. The van der Waals surface area contributed by atoms with E-state index in [4.69, 9.17) is 4.98 Å². The number of rotatable bonds is 6. The Balaban J connectivity index is 2.10. The van der Waals surface area contributed by atoms with E-state index in [-0.39, 0.29) is 0 Å². The molecule has 0 radical (unpaired) electrons. The minimum Gasteiger partial charge on any atom is -0.310 e. The third-order valence-corrected chi connectivity index (χ3v) is 4.03. The smallest absolute Gasteiger partial charge is 0.0975 e. The van der Waals surface area contributed by atoms with Crippen LogP contribution in [0.15, 0.2) is 24.5 Å². The third-order valence-electron chi connectivity index (χ3n) is 2.93. The zero-order valence-electron chi connectivity index (χ0n) is 11.8. The number of hydrogen-bond acceptors (Lipinski definition) is 4. The maximum atomic E-state index is 4.76. The van der Waals surface area contributed by atoms with Gasteiger partial charge in [0.25, 0.3) is 0 Å². The van der Waals surface area contributed by atoms with E-state index in [1.54, 1.807) is 0 Å². The molecule has 0 saturated carbocycles. The average molecular weight is 275 g/mol. The number of nitrogens with zero attached hydrogens (tertiary/aromatic N) is 2. The molecular weight excluding hydrogens is 254 g/mol. The minimum atomic E-state index is 0.510. The van der Waals surface area contributed by atoms with Gasteiger partial charge in [-0.05, 0) is 24.1 Å². The number of aryl methyl sites for hydroxylation is 1. The molecule has 0 aliphatic carbocycles. The van der Waals surface area contributed by atoms with Gasteiger partial charge in [0.15, 0.2) is 0 Å². The number of pyridine rings is 1. The van der Waals surface area contributed by atoms with Crippen molar-refractivity contribution in [3.8, 4) is 0 Å². The van der Waals surface area contributed by atoms with Crippen LogP contribution in [0, 0.1) is 0 Å². The summed E-state index contributed by atoms with van der Waals surface area (Å²) in [5.41, 5.74) is 2.51. The number of thiazole rings is 1. The van der Waals surface area contributed by atoms with Gasteiger partial charge in [-0.3, -0.25) is 4.98 Å². The van der Waals surface area contributed by atoms with E-state index in [1.165, 1.54) is 21.1 Å². The Morgan fingerprint density at radius 3 is 2.63 bits per heavy atom. The number of hydrogen-bond donors (Lipinski definition) is 1. The highest BCUT2D eigenvalue weighted by molar-refractivity contribution is 7.11. The molecule has 2 rings (SSSR count). The zero-order chi connectivity index (χ0) is 13.7. The van der Waals surface area contributed by atoms with Crippen LogP contribution in [-0.2, 0) is 19.4 Å². The van der Waals surface area contributed by atoms with Crippen LogP contribution in [0.1, 0.15) is 41.9 Å². The predicted molar refractivity (Wildman–Crippen MR) is 80.5 cm³/mol. The van der Waals surface area contributed by atoms with Crippen molar-refractivity contribution in [3.63, 3.8) is 0 Å². The SMILES string of the molecule is CCc1nc(Cc2ccncc2)sc1CNC(C)C. The maximum absolute atomic E-state index is 4.76. The fourth-order valence-electron chi connectivity index (χ4n) is 1.90. The second-order valence-electron chi connectivity index (χ2n) is 4.90. The Kier molecular flexibility index (Phi) is 5.05. The molecule has 2 aromatic rings. The van der Waals surface area contributed by atoms with Crippen LogP contribution in [0.2, 0.25) is 0 Å². The first kappa shape index (κ1) is 14.2. The van der Waals surface area contributed by atoms with E-state index in [1.807, 2.05) is 23.7 Å². The van der Waals surface area contributed by atoms with Gasteiger partial charge in [-0.25, -0.2) is 4.98 Å². The zero-order valence-corrected chi connectivity index (χ0v) is 12.6. The normalized spacial score (nSPS) is 11.2. The van der Waals surface area contributed by atoms with Gasteiger partial charge in [-0.15, -0.1) is 11.3 Å². The first-order valence-corrected chi connectivity index (χ1v) is 7.60. The van der Waals surface area contributed by atoms with E-state index in [2.05, 4.69) is 43.2 Å². The second-order valence-corrected chi connectivity index (χ2v) is 6.07. The molecule has 3 nitrogen and oxygen atoms in total. The van der Waals surface area contributed by atoms with Crippen molar-refractivity contribution in [2.75, 3.05) is 0 Å². The Morgan fingerprint density at radius 1 is 1.26 bits per heavy atom. The summed E-state index contributed by atoms with van der Waals surface area (Å²) in [5, 5.41) is 4.67. The van der Waals surface area contributed by atoms with E-state index < -0.39 is 0 Å². The first-order chi connectivity index (χ1) is 9.19. The fraction of sp³-hybridized carbons (Fsp3) is 0.467. The Hall–Kier alpha value is -1.26. The molecule has 2 aromatic heterocycles. The van der Waals surface area contributed by atoms with E-state index in [0.717, 1.165) is 19.4 Å². The topological polar surface area (TPSA) is 37.8 Å². The van der Waals surface area contributed by atoms with Gasteiger partial charge in [0.2, 0.25) is 0 Å². The van der Waals surface area contributed by atoms with Crippen molar-refractivity contribution >= 4 is 11.3 Å². The largest absolute Gasteiger partial charge is 0.310 e. The third kappa shape index (κ3) is 4.11. The molecule has 0 bridgehead atoms. The van der Waals surface area contributed by atoms with Gasteiger partial charge < -0.3 is 5.32 Å². The summed E-state index contributed by atoms with van der Waals surface area (Å²) >= 11 is 1.83. The lowest BCUT2D eigenvalue weighted by atomic mass is 10.2. The quantitative estimate of drug-likeness (QED) is 0.880. The molecule has 0 spiro atoms. The van der Waals surface area contributed by atoms with E-state index in [9.17, 15) is 0 Å². The van der Waals surface area contributed by atoms with Crippen molar-refractivity contribution in [2.24, 2.45) is 0 Å². The molecule has 0 atom stereocenters. The molecule has 0 aliphatic heterocycles. The van der Waals surface area contributed by atoms with Crippen molar-refractivity contribution in [1.29, 1.82) is 0 Å². The van der Waals surface area contributed by atoms with Gasteiger partial charge >= 0.3 is 0 Å². The van der Waals surface area contributed by atoms with Gasteiger partial charge in [-0.1, -0.05) is 20.8 Å². The molecule has 0 amide bonds. The molecule has 2 heterocycles. The van der Waals surface area contributed by atoms with Crippen LogP contribution >= 0.6 is 11.3 Å². The highest BCUT2D eigenvalue weighted by atomic mass is 32.1. The molecule has 102 valence electrons. The van der Waals surface area contributed by atoms with Crippen LogP contribution in [0.5, 0.6) is 0 Å². The summed E-state index contributed by atoms with van der Waals surface area (Å²) in [6.45, 7) is 7.44. The standard InChI is InChI=1S/C15H21N3S/c1-4-13-14(10-17-11(2)3)19-15(18-13)9-12-5-7-16-8-6-12/h5-8,11,17H,4,9-10H2,1-3H3. The van der Waals surface area contributed by atoms with Crippen LogP contribution in [-0.4, -0.2) is 16.0 Å². The summed E-state index contributed by atoms with van der Waals surface area (Å²) in [6, 6.07) is 4.62. The average Bonchev–Trinajstić information content (AvgIpc) is 2.79. The van der Waals surface area contributed by atoms with Crippen molar-refractivity contribution in [1.82, 2.24) is 15.3 Å². The molecule has 1 N–H and O–H groups in total. The maximum Gasteiger partial charge on any atom is 0.0975 e. The first-order valence-electron chi connectivity index (χ1n) is 6.78. The Bertz CT molecular complexity index is 505. The van der Waals surface area contributed by atoms with Gasteiger partial charge in [-0.2, -0.15) is 0 Å². The summed E-state index contributed by atoms with van der Waals surface area (Å²) in [5.74, 6) is 0. The van der Waals surface area contributed by atoms with Gasteiger partial charge in [0.05, 0.1) is 10.7 Å². The molecule has 0 fully saturated rings. The van der Waals surface area contributed by atoms with E-state index in [0.29, 0.717) is 6.04 Å². The van der Waals surface area contributed by atoms with Crippen LogP contribution < -0.4 is 5.32 Å². The minimum absolute atomic E-state index is 0.510. The molecule has 19 heavy (non-hydrogen) atoms. The highest BCUT2D eigenvalue weighted by Crippen LogP contribution is 2.21. The van der Waals surface area contributed by atoms with Crippen LogP contribution in [0.3, 0.4) is 0 Å². The fourth-order valence-corrected chi connectivity index (χ4v) is 3.04. The molecule has 0 aliphatic rings. The van der Waals surface area contributed by atoms with Crippen LogP contribution in [0.4, 0.5) is 0 Å². The molecule has 0 unspecified atom stereocenters. The lowest BCUT2D eigenvalue weighted by Crippen LogP contribution is -2.21. The molecule has 0 saturated heterocycles. The number of nitrogens with one attached hydrogen (secondary N) is 1. The van der Waals surface area contributed by atoms with Crippen molar-refractivity contribution in [2.45, 2.75) is 46.2 Å². The summed E-state index contributed by atoms with van der Waals surface area (Å²) in [7, 11) is 0. The van der Waals surface area contributed by atoms with Gasteiger partial charge in [0.1, 0.15) is 0 Å². The van der Waals surface area contributed by atoms with Gasteiger partial charge in [0, 0.05) is 36.3 Å². The summed E-state index contributed by atoms with van der Waals surface area (Å²) in [6.07, 6.45) is 5.58. The highest BCUT2D eigenvalue weighted by Gasteiger charge is 2.10. The number of aromatic nitrogens is 2. The van der Waals surface area contributed by atoms with Crippen molar-refractivity contribution < 1.29 is 0 Å². The lowest BCUT2D eigenvalue weighted by Gasteiger charge is -2.06. The molecular formula is C15H21N3S.